The maximum absolute atomic E-state index is 14.2. The zero-order chi connectivity index (χ0) is 14.3. The van der Waals surface area contributed by atoms with Gasteiger partial charge in [-0.25, -0.2) is 4.39 Å². The second-order valence-electron chi connectivity index (χ2n) is 4.68. The lowest BCUT2D eigenvalue weighted by Gasteiger charge is -2.27. The molecule has 1 aromatic rings. The Morgan fingerprint density at radius 2 is 2.16 bits per heavy atom. The van der Waals surface area contributed by atoms with Crippen molar-refractivity contribution in [3.63, 3.8) is 0 Å². The number of benzene rings is 1. The Balaban J connectivity index is 3.09. The molecule has 0 radical (unpaired) electrons. The van der Waals surface area contributed by atoms with Crippen molar-refractivity contribution in [1.82, 2.24) is 5.32 Å². The van der Waals surface area contributed by atoms with E-state index >= 15 is 0 Å². The summed E-state index contributed by atoms with van der Waals surface area (Å²) in [4.78, 5) is 2.13. The summed E-state index contributed by atoms with van der Waals surface area (Å²) in [5.74, 6) is -0.142. The highest BCUT2D eigenvalue weighted by Crippen LogP contribution is 2.29. The van der Waals surface area contributed by atoms with Gasteiger partial charge in [0, 0.05) is 30.4 Å². The molecule has 1 rings (SSSR count). The standard InChI is InChI=1S/C16H25FN2/c1-5-11-18-13(4)16-14(17)9-8-10-15(16)19(7-3)12-6-2/h6,8-10,13,18H,2,5,7,11-12H2,1,3-4H3. The highest BCUT2D eigenvalue weighted by atomic mass is 19.1. The second kappa shape index (κ2) is 7.95. The first-order valence-corrected chi connectivity index (χ1v) is 7.03. The first-order valence-electron chi connectivity index (χ1n) is 7.03. The van der Waals surface area contributed by atoms with E-state index in [9.17, 15) is 4.39 Å². The third-order valence-corrected chi connectivity index (χ3v) is 3.24. The van der Waals surface area contributed by atoms with Crippen LogP contribution in [0.4, 0.5) is 10.1 Å². The van der Waals surface area contributed by atoms with Crippen LogP contribution in [0.5, 0.6) is 0 Å². The Labute approximate surface area is 116 Å². The summed E-state index contributed by atoms with van der Waals surface area (Å²) in [6.45, 7) is 12.4. The first kappa shape index (κ1) is 15.7. The quantitative estimate of drug-likeness (QED) is 0.716. The first-order chi connectivity index (χ1) is 9.15. The Bertz CT molecular complexity index is 404. The third kappa shape index (κ3) is 4.06. The number of nitrogens with one attached hydrogen (secondary N) is 1. The molecule has 19 heavy (non-hydrogen) atoms. The topological polar surface area (TPSA) is 15.3 Å². The van der Waals surface area contributed by atoms with Crippen LogP contribution in [-0.2, 0) is 0 Å². The average Bonchev–Trinajstić information content (AvgIpc) is 2.41. The summed E-state index contributed by atoms with van der Waals surface area (Å²) in [7, 11) is 0. The van der Waals surface area contributed by atoms with Gasteiger partial charge in [0.15, 0.2) is 0 Å². The highest BCUT2D eigenvalue weighted by Gasteiger charge is 2.17. The van der Waals surface area contributed by atoms with Crippen molar-refractivity contribution < 1.29 is 4.39 Å². The van der Waals surface area contributed by atoms with Gasteiger partial charge in [0.2, 0.25) is 0 Å². The molecule has 0 bridgehead atoms. The predicted molar refractivity (Wildman–Crippen MR) is 81.2 cm³/mol. The number of anilines is 1. The summed E-state index contributed by atoms with van der Waals surface area (Å²) >= 11 is 0. The van der Waals surface area contributed by atoms with E-state index in [1.54, 1.807) is 6.07 Å². The van der Waals surface area contributed by atoms with Gasteiger partial charge in [-0.3, -0.25) is 0 Å². The SMILES string of the molecule is C=CCN(CC)c1cccc(F)c1C(C)NCCC. The molecular weight excluding hydrogens is 239 g/mol. The lowest BCUT2D eigenvalue weighted by atomic mass is 10.0. The van der Waals surface area contributed by atoms with Crippen molar-refractivity contribution in [3.05, 3.63) is 42.2 Å². The third-order valence-electron chi connectivity index (χ3n) is 3.24. The van der Waals surface area contributed by atoms with Crippen LogP contribution in [0.1, 0.15) is 38.8 Å². The smallest absolute Gasteiger partial charge is 0.130 e. The van der Waals surface area contributed by atoms with Gasteiger partial charge in [-0.05, 0) is 38.9 Å². The molecule has 0 aliphatic heterocycles. The largest absolute Gasteiger partial charge is 0.368 e. The molecule has 0 spiro atoms. The molecule has 1 unspecified atom stereocenters. The predicted octanol–water partition coefficient (Wildman–Crippen LogP) is 3.90. The monoisotopic (exact) mass is 264 g/mol. The minimum absolute atomic E-state index is 0.00927. The molecule has 1 aromatic carbocycles. The van der Waals surface area contributed by atoms with E-state index in [4.69, 9.17) is 0 Å². The van der Waals surface area contributed by atoms with Gasteiger partial charge in [-0.15, -0.1) is 6.58 Å². The molecule has 1 N–H and O–H groups in total. The minimum Gasteiger partial charge on any atom is -0.368 e. The molecule has 0 aliphatic carbocycles. The van der Waals surface area contributed by atoms with Crippen molar-refractivity contribution >= 4 is 5.69 Å². The Morgan fingerprint density at radius 1 is 1.42 bits per heavy atom. The molecule has 0 heterocycles. The molecular formula is C16H25FN2. The zero-order valence-electron chi connectivity index (χ0n) is 12.2. The van der Waals surface area contributed by atoms with E-state index < -0.39 is 0 Å². The van der Waals surface area contributed by atoms with Gasteiger partial charge in [-0.1, -0.05) is 19.1 Å². The fourth-order valence-electron chi connectivity index (χ4n) is 2.25. The van der Waals surface area contributed by atoms with Crippen LogP contribution < -0.4 is 10.2 Å². The van der Waals surface area contributed by atoms with Gasteiger partial charge < -0.3 is 10.2 Å². The van der Waals surface area contributed by atoms with E-state index in [0.717, 1.165) is 37.3 Å². The normalized spacial score (nSPS) is 12.2. The fraction of sp³-hybridized carbons (Fsp3) is 0.500. The molecule has 2 nitrogen and oxygen atoms in total. The Kier molecular flexibility index (Phi) is 6.57. The maximum Gasteiger partial charge on any atom is 0.130 e. The fourth-order valence-corrected chi connectivity index (χ4v) is 2.25. The Morgan fingerprint density at radius 3 is 2.74 bits per heavy atom. The number of hydrogen-bond acceptors (Lipinski definition) is 2. The number of likely N-dealkylation sites (N-methyl/N-ethyl adjacent to an activating group) is 1. The van der Waals surface area contributed by atoms with Crippen LogP contribution in [0, 0.1) is 5.82 Å². The zero-order valence-corrected chi connectivity index (χ0v) is 12.2. The molecule has 0 aliphatic rings. The van der Waals surface area contributed by atoms with Crippen molar-refractivity contribution in [3.8, 4) is 0 Å². The molecule has 0 saturated carbocycles. The number of hydrogen-bond donors (Lipinski definition) is 1. The van der Waals surface area contributed by atoms with Crippen molar-refractivity contribution in [1.29, 1.82) is 0 Å². The van der Waals surface area contributed by atoms with Gasteiger partial charge in [0.1, 0.15) is 5.82 Å². The Hall–Kier alpha value is -1.35. The van der Waals surface area contributed by atoms with Crippen molar-refractivity contribution in [2.24, 2.45) is 0 Å². The van der Waals surface area contributed by atoms with Gasteiger partial charge in [0.05, 0.1) is 0 Å². The van der Waals surface area contributed by atoms with E-state index in [1.165, 1.54) is 6.07 Å². The molecule has 106 valence electrons. The van der Waals surface area contributed by atoms with Crippen LogP contribution in [-0.4, -0.2) is 19.6 Å². The summed E-state index contributed by atoms with van der Waals surface area (Å²) in [5, 5.41) is 3.36. The van der Waals surface area contributed by atoms with Crippen LogP contribution >= 0.6 is 0 Å². The summed E-state index contributed by atoms with van der Waals surface area (Å²) in [6, 6.07) is 5.29. The van der Waals surface area contributed by atoms with Crippen molar-refractivity contribution in [2.75, 3.05) is 24.5 Å². The molecule has 0 amide bonds. The van der Waals surface area contributed by atoms with Crippen molar-refractivity contribution in [2.45, 2.75) is 33.2 Å². The molecule has 3 heteroatoms. The summed E-state index contributed by atoms with van der Waals surface area (Å²) < 4.78 is 14.2. The number of halogens is 1. The maximum atomic E-state index is 14.2. The van der Waals surface area contributed by atoms with Crippen LogP contribution in [0.2, 0.25) is 0 Å². The van der Waals surface area contributed by atoms with E-state index in [1.807, 2.05) is 19.1 Å². The van der Waals surface area contributed by atoms with Crippen LogP contribution in [0.3, 0.4) is 0 Å². The minimum atomic E-state index is -0.142. The summed E-state index contributed by atoms with van der Waals surface area (Å²) in [6.07, 6.45) is 2.89. The van der Waals surface area contributed by atoms with Gasteiger partial charge in [-0.2, -0.15) is 0 Å². The van der Waals surface area contributed by atoms with Crippen LogP contribution in [0.15, 0.2) is 30.9 Å². The molecule has 0 aromatic heterocycles. The molecule has 0 saturated heterocycles. The number of nitrogens with zero attached hydrogens (tertiary/aromatic N) is 1. The highest BCUT2D eigenvalue weighted by molar-refractivity contribution is 5.56. The lowest BCUT2D eigenvalue weighted by Crippen LogP contribution is -2.27. The van der Waals surface area contributed by atoms with Gasteiger partial charge in [0.25, 0.3) is 0 Å². The van der Waals surface area contributed by atoms with Crippen LogP contribution in [0.25, 0.3) is 0 Å². The lowest BCUT2D eigenvalue weighted by molar-refractivity contribution is 0.526. The summed E-state index contributed by atoms with van der Waals surface area (Å²) in [5.41, 5.74) is 1.71. The second-order valence-corrected chi connectivity index (χ2v) is 4.68. The van der Waals surface area contributed by atoms with E-state index in [0.29, 0.717) is 0 Å². The average molecular weight is 264 g/mol. The molecule has 0 fully saturated rings. The van der Waals surface area contributed by atoms with E-state index in [-0.39, 0.29) is 11.9 Å². The molecule has 1 atom stereocenters. The number of rotatable bonds is 8. The van der Waals surface area contributed by atoms with Gasteiger partial charge >= 0.3 is 0 Å². The van der Waals surface area contributed by atoms with E-state index in [2.05, 4.69) is 30.6 Å².